The Balaban J connectivity index is 4.25. The van der Waals surface area contributed by atoms with Crippen LogP contribution in [0.3, 0.4) is 0 Å². The van der Waals surface area contributed by atoms with E-state index in [-0.39, 0.29) is 19.1 Å². The van der Waals surface area contributed by atoms with Crippen molar-refractivity contribution in [2.75, 3.05) is 40.9 Å². The van der Waals surface area contributed by atoms with Crippen molar-refractivity contribution in [1.82, 2.24) is 5.32 Å². The summed E-state index contributed by atoms with van der Waals surface area (Å²) in [5, 5.41) is 13.7. The number of phosphoric acid groups is 1. The van der Waals surface area contributed by atoms with Crippen LogP contribution in [0.15, 0.2) is 109 Å². The van der Waals surface area contributed by atoms with Gasteiger partial charge in [0.25, 0.3) is 0 Å². The molecule has 0 radical (unpaired) electrons. The van der Waals surface area contributed by atoms with Crippen LogP contribution in [0.5, 0.6) is 0 Å². The molecule has 0 bridgehead atoms. The van der Waals surface area contributed by atoms with Gasteiger partial charge < -0.3 is 19.8 Å². The van der Waals surface area contributed by atoms with Gasteiger partial charge in [0.1, 0.15) is 13.2 Å². The van der Waals surface area contributed by atoms with Crippen molar-refractivity contribution < 1.29 is 32.9 Å². The molecule has 1 amide bonds. The number of hydrogen-bond donors (Lipinski definition) is 3. The molecule has 342 valence electrons. The number of likely N-dealkylation sites (N-methyl/N-ethyl adjacent to an activating group) is 1. The fraction of sp³-hybridized carbons (Fsp3) is 0.627. The Morgan fingerprint density at radius 2 is 1.02 bits per heavy atom. The average Bonchev–Trinajstić information content (AvgIpc) is 3.20. The van der Waals surface area contributed by atoms with Crippen LogP contribution < -0.4 is 5.32 Å². The first-order chi connectivity index (χ1) is 29.0. The van der Waals surface area contributed by atoms with Gasteiger partial charge in [0, 0.05) is 6.42 Å². The van der Waals surface area contributed by atoms with Crippen molar-refractivity contribution in [3.8, 4) is 0 Å². The first kappa shape index (κ1) is 57.2. The van der Waals surface area contributed by atoms with Crippen LogP contribution in [0.1, 0.15) is 155 Å². The maximum atomic E-state index is 12.8. The largest absolute Gasteiger partial charge is 0.472 e. The Labute approximate surface area is 368 Å². The number of nitrogens with zero attached hydrogens (tertiary/aromatic N) is 1. The summed E-state index contributed by atoms with van der Waals surface area (Å²) >= 11 is 0. The molecule has 0 fully saturated rings. The molecule has 0 aliphatic rings. The molecule has 0 aliphatic heterocycles. The lowest BCUT2D eigenvalue weighted by molar-refractivity contribution is -0.870. The third-order valence-corrected chi connectivity index (χ3v) is 10.5. The number of allylic oxidation sites excluding steroid dienone is 17. The van der Waals surface area contributed by atoms with Gasteiger partial charge in [-0.15, -0.1) is 0 Å². The zero-order valence-electron chi connectivity index (χ0n) is 38.6. The van der Waals surface area contributed by atoms with E-state index < -0.39 is 20.0 Å². The van der Waals surface area contributed by atoms with E-state index in [1.165, 1.54) is 38.5 Å². The van der Waals surface area contributed by atoms with E-state index in [2.05, 4.69) is 116 Å². The predicted octanol–water partition coefficient (Wildman–Crippen LogP) is 13.3. The standard InChI is InChI=1S/C51H87N2O6P/c1-6-8-10-12-14-16-17-18-19-20-21-22-23-24-25-26-27-28-29-30-31-32-33-34-35-37-39-41-43-45-51(55)52-49(48-59-60(56,57)58-47-46-53(3,4)5)50(54)44-42-40-38-36-15-13-11-9-7-2/h8,10,14-16,18-19,21-22,24-25,27-28,30-31,36,42,44,49-50,54H,6-7,9,11-13,17,20,23,26,29,32-35,37-41,43,45-48H2,1-5H3,(H-,52,55,56,57)/p+1/b10-8-,16-14-,19-18-,22-21-,25-24-,28-27-,31-30-,36-15+,44-42+. The summed E-state index contributed by atoms with van der Waals surface area (Å²) < 4.78 is 23.5. The summed E-state index contributed by atoms with van der Waals surface area (Å²) in [6, 6.07) is -0.875. The van der Waals surface area contributed by atoms with Gasteiger partial charge in [-0.2, -0.15) is 0 Å². The number of nitrogens with one attached hydrogen (secondary N) is 1. The lowest BCUT2D eigenvalue weighted by atomic mass is 10.1. The summed E-state index contributed by atoms with van der Waals surface area (Å²) in [6.07, 6.45) is 60.4. The summed E-state index contributed by atoms with van der Waals surface area (Å²) in [7, 11) is 1.52. The second-order valence-corrected chi connectivity index (χ2v) is 17.8. The molecule has 0 aromatic carbocycles. The number of amides is 1. The molecule has 9 heteroatoms. The van der Waals surface area contributed by atoms with Gasteiger partial charge in [0.15, 0.2) is 0 Å². The van der Waals surface area contributed by atoms with Crippen LogP contribution in [-0.2, 0) is 18.4 Å². The van der Waals surface area contributed by atoms with Gasteiger partial charge >= 0.3 is 7.82 Å². The Morgan fingerprint density at radius 1 is 0.583 bits per heavy atom. The molecule has 0 saturated carbocycles. The van der Waals surface area contributed by atoms with Crippen molar-refractivity contribution in [1.29, 1.82) is 0 Å². The number of carbonyl (C=O) groups is 1. The number of carbonyl (C=O) groups excluding carboxylic acids is 1. The van der Waals surface area contributed by atoms with E-state index in [9.17, 15) is 19.4 Å². The molecule has 3 N–H and O–H groups in total. The van der Waals surface area contributed by atoms with Gasteiger partial charge in [0.2, 0.25) is 5.91 Å². The van der Waals surface area contributed by atoms with E-state index in [1.54, 1.807) is 6.08 Å². The van der Waals surface area contributed by atoms with Gasteiger partial charge in [0.05, 0.1) is 39.9 Å². The monoisotopic (exact) mass is 856 g/mol. The highest BCUT2D eigenvalue weighted by atomic mass is 31.2. The highest BCUT2D eigenvalue weighted by molar-refractivity contribution is 7.47. The summed E-state index contributed by atoms with van der Waals surface area (Å²) in [6.45, 7) is 4.58. The molecule has 60 heavy (non-hydrogen) atoms. The molecular weight excluding hydrogens is 768 g/mol. The van der Waals surface area contributed by atoms with Crippen molar-refractivity contribution in [2.24, 2.45) is 0 Å². The molecule has 0 aliphatic carbocycles. The van der Waals surface area contributed by atoms with Crippen LogP contribution in [0, 0.1) is 0 Å². The highest BCUT2D eigenvalue weighted by Gasteiger charge is 2.27. The predicted molar refractivity (Wildman–Crippen MR) is 258 cm³/mol. The van der Waals surface area contributed by atoms with E-state index in [0.29, 0.717) is 17.4 Å². The second-order valence-electron chi connectivity index (χ2n) is 16.4. The molecule has 8 nitrogen and oxygen atoms in total. The highest BCUT2D eigenvalue weighted by Crippen LogP contribution is 2.43. The number of rotatable bonds is 40. The number of phosphoric ester groups is 1. The molecule has 3 atom stereocenters. The lowest BCUT2D eigenvalue weighted by Gasteiger charge is -2.25. The van der Waals surface area contributed by atoms with E-state index in [4.69, 9.17) is 9.05 Å². The summed E-state index contributed by atoms with van der Waals surface area (Å²) in [5.41, 5.74) is 0. The molecule has 0 rings (SSSR count). The van der Waals surface area contributed by atoms with E-state index >= 15 is 0 Å². The first-order valence-corrected chi connectivity index (χ1v) is 24.8. The smallest absolute Gasteiger partial charge is 0.387 e. The van der Waals surface area contributed by atoms with Gasteiger partial charge in [-0.1, -0.05) is 168 Å². The summed E-state index contributed by atoms with van der Waals surface area (Å²) in [5.74, 6) is -0.208. The van der Waals surface area contributed by atoms with E-state index in [1.807, 2.05) is 27.2 Å². The lowest BCUT2D eigenvalue weighted by Crippen LogP contribution is -2.45. The average molecular weight is 856 g/mol. The van der Waals surface area contributed by atoms with Crippen LogP contribution in [0.25, 0.3) is 0 Å². The van der Waals surface area contributed by atoms with Crippen LogP contribution in [0.2, 0.25) is 0 Å². The number of quaternary nitrogens is 1. The molecule has 0 heterocycles. The molecule has 0 spiro atoms. The maximum absolute atomic E-state index is 12.8. The van der Waals surface area contributed by atoms with Crippen molar-refractivity contribution in [2.45, 2.75) is 167 Å². The molecule has 0 aromatic rings. The van der Waals surface area contributed by atoms with Crippen LogP contribution in [0.4, 0.5) is 0 Å². The SMILES string of the molecule is CC/C=C\C/C=C\C/C=C\C/C=C\C/C=C\C/C=C\C/C=C\CCCCCCCCCC(=O)NC(COP(=O)(O)OCC[N+](C)(C)C)C(O)/C=C/CC/C=C/CCCCC. The number of hydrogen-bond acceptors (Lipinski definition) is 5. The number of aliphatic hydroxyl groups is 1. The Kier molecular flexibility index (Phi) is 39.5. The van der Waals surface area contributed by atoms with Gasteiger partial charge in [-0.3, -0.25) is 13.8 Å². The minimum absolute atomic E-state index is 0.0471. The third kappa shape index (κ3) is 43.3. The molecule has 0 aromatic heterocycles. The normalized spacial score (nSPS) is 15.2. The Morgan fingerprint density at radius 3 is 1.53 bits per heavy atom. The Hall–Kier alpha value is -2.84. The topological polar surface area (TPSA) is 105 Å². The van der Waals surface area contributed by atoms with Gasteiger partial charge in [-0.05, 0) is 89.9 Å². The third-order valence-electron chi connectivity index (χ3n) is 9.48. The molecular formula is C51H88N2O6P+. The van der Waals surface area contributed by atoms with Gasteiger partial charge in [-0.25, -0.2) is 4.57 Å². The molecule has 3 unspecified atom stereocenters. The van der Waals surface area contributed by atoms with Crippen LogP contribution in [-0.4, -0.2) is 73.4 Å². The van der Waals surface area contributed by atoms with Crippen molar-refractivity contribution in [3.63, 3.8) is 0 Å². The number of aliphatic hydroxyl groups excluding tert-OH is 1. The zero-order valence-corrected chi connectivity index (χ0v) is 39.5. The minimum Gasteiger partial charge on any atom is -0.387 e. The van der Waals surface area contributed by atoms with Crippen molar-refractivity contribution in [3.05, 3.63) is 109 Å². The quantitative estimate of drug-likeness (QED) is 0.0245. The zero-order chi connectivity index (χ0) is 44.3. The fourth-order valence-corrected chi connectivity index (χ4v) is 6.53. The molecule has 0 saturated heterocycles. The maximum Gasteiger partial charge on any atom is 0.472 e. The second kappa shape index (κ2) is 41.5. The first-order valence-electron chi connectivity index (χ1n) is 23.3. The van der Waals surface area contributed by atoms with E-state index in [0.717, 1.165) is 96.3 Å². The minimum atomic E-state index is -4.35. The number of unbranched alkanes of at least 4 members (excludes halogenated alkanes) is 11. The fourth-order valence-electron chi connectivity index (χ4n) is 5.80. The van der Waals surface area contributed by atoms with Crippen molar-refractivity contribution >= 4 is 13.7 Å². The summed E-state index contributed by atoms with van der Waals surface area (Å²) in [4.78, 5) is 23.1. The Bertz CT molecular complexity index is 1340. The van der Waals surface area contributed by atoms with Crippen LogP contribution >= 0.6 is 7.82 Å².